The predicted molar refractivity (Wildman–Crippen MR) is 122 cm³/mol. The molecular weight excluding hydrogens is 449 g/mol. The second-order valence-electron chi connectivity index (χ2n) is 9.36. The Hall–Kier alpha value is -2.71. The average Bonchev–Trinajstić information content (AvgIpc) is 3.55. The number of rotatable bonds is 4. The number of allylic oxidation sites excluding steroid dienone is 4. The third kappa shape index (κ3) is 3.56. The number of piperidine rings is 1. The van der Waals surface area contributed by atoms with Crippen LogP contribution in [0, 0.1) is 17.2 Å². The first-order valence-corrected chi connectivity index (χ1v) is 11.6. The maximum atomic E-state index is 15.0. The van der Waals surface area contributed by atoms with Crippen molar-refractivity contribution in [1.29, 1.82) is 0 Å². The summed E-state index contributed by atoms with van der Waals surface area (Å²) in [5, 5.41) is 25.3. The number of fused-ring (bicyclic) bond motifs is 1. The lowest BCUT2D eigenvalue weighted by Crippen LogP contribution is -2.53. The molecule has 0 bridgehead atoms. The van der Waals surface area contributed by atoms with Crippen LogP contribution in [0.3, 0.4) is 0 Å². The monoisotopic (exact) mass is 473 g/mol. The summed E-state index contributed by atoms with van der Waals surface area (Å²) in [5.41, 5.74) is 0.410. The van der Waals surface area contributed by atoms with Gasteiger partial charge in [-0.3, -0.25) is 9.59 Å². The van der Waals surface area contributed by atoms with E-state index in [9.17, 15) is 24.2 Å². The molecule has 174 valence electrons. The van der Waals surface area contributed by atoms with Crippen LogP contribution in [0.15, 0.2) is 40.5 Å². The Morgan fingerprint density at radius 2 is 2.06 bits per heavy atom. The van der Waals surface area contributed by atoms with Crippen molar-refractivity contribution in [3.63, 3.8) is 0 Å². The highest BCUT2D eigenvalue weighted by atomic mass is 35.5. The van der Waals surface area contributed by atoms with Crippen LogP contribution in [0.2, 0.25) is 0 Å². The van der Waals surface area contributed by atoms with Crippen LogP contribution >= 0.6 is 11.6 Å². The number of carbonyl (C=O) groups excluding carboxylic acids is 1. The summed E-state index contributed by atoms with van der Waals surface area (Å²) in [7, 11) is 0. The molecule has 2 heterocycles. The van der Waals surface area contributed by atoms with Gasteiger partial charge in [-0.25, -0.2) is 4.39 Å². The number of carboxylic acid groups (broad SMARTS) is 1. The Kier molecular flexibility index (Phi) is 5.33. The van der Waals surface area contributed by atoms with Gasteiger partial charge < -0.3 is 15.1 Å². The number of aromatic nitrogens is 2. The first-order chi connectivity index (χ1) is 15.7. The largest absolute Gasteiger partial charge is 0.481 e. The van der Waals surface area contributed by atoms with Crippen molar-refractivity contribution in [1.82, 2.24) is 9.78 Å². The van der Waals surface area contributed by atoms with E-state index in [0.29, 0.717) is 28.5 Å². The minimum absolute atomic E-state index is 0.0336. The minimum Gasteiger partial charge on any atom is -0.481 e. The molecule has 33 heavy (non-hydrogen) atoms. The Labute approximate surface area is 195 Å². The molecular formula is C24H25ClFN3O4. The number of carboxylic acids is 1. The van der Waals surface area contributed by atoms with Crippen molar-refractivity contribution in [3.8, 4) is 0 Å². The first-order valence-electron chi connectivity index (χ1n) is 11.2. The molecule has 9 heteroatoms. The van der Waals surface area contributed by atoms with Gasteiger partial charge >= 0.3 is 5.97 Å². The zero-order valence-electron chi connectivity index (χ0n) is 18.2. The molecule has 0 spiro atoms. The fourth-order valence-electron chi connectivity index (χ4n) is 4.81. The molecule has 2 fully saturated rings. The van der Waals surface area contributed by atoms with Crippen LogP contribution < -0.4 is 4.90 Å². The molecule has 1 aromatic heterocycles. The maximum Gasteiger partial charge on any atom is 0.312 e. The van der Waals surface area contributed by atoms with Gasteiger partial charge in [0.05, 0.1) is 28.0 Å². The van der Waals surface area contributed by atoms with Gasteiger partial charge in [-0.2, -0.15) is 4.68 Å². The van der Waals surface area contributed by atoms with Gasteiger partial charge in [0.2, 0.25) is 0 Å². The van der Waals surface area contributed by atoms with Crippen molar-refractivity contribution in [2.24, 2.45) is 11.3 Å². The number of anilines is 1. The number of nitrogens with zero attached hydrogens (tertiary/aromatic N) is 3. The molecule has 2 aromatic rings. The molecule has 2 N–H and O–H groups in total. The van der Waals surface area contributed by atoms with E-state index in [1.807, 2.05) is 0 Å². The summed E-state index contributed by atoms with van der Waals surface area (Å²) in [6.45, 7) is 1.72. The Morgan fingerprint density at radius 3 is 2.73 bits per heavy atom. The van der Waals surface area contributed by atoms with Crippen LogP contribution in [0.5, 0.6) is 0 Å². The number of benzene rings is 1. The maximum absolute atomic E-state index is 15.0. The lowest BCUT2D eigenvalue weighted by atomic mass is 9.78. The van der Waals surface area contributed by atoms with Crippen molar-refractivity contribution in [2.75, 3.05) is 18.0 Å². The van der Waals surface area contributed by atoms with Crippen molar-refractivity contribution in [2.45, 2.75) is 45.1 Å². The first kappa shape index (κ1) is 22.1. The van der Waals surface area contributed by atoms with Gasteiger partial charge in [-0.05, 0) is 62.7 Å². The molecule has 3 aliphatic rings. The SMILES string of the molecule is C[C@@]1(C(=O)O)CCN(c2nn(C(=O)C3=C(Cl)CCC=C3C3CC3)c3cccc(F)c23)C[C@H]1O. The molecule has 7 nitrogen and oxygen atoms in total. The van der Waals surface area contributed by atoms with E-state index in [-0.39, 0.29) is 30.7 Å². The Morgan fingerprint density at radius 1 is 1.30 bits per heavy atom. The van der Waals surface area contributed by atoms with Gasteiger partial charge in [-0.1, -0.05) is 23.7 Å². The fourth-order valence-corrected chi connectivity index (χ4v) is 5.11. The quantitative estimate of drug-likeness (QED) is 0.694. The summed E-state index contributed by atoms with van der Waals surface area (Å²) >= 11 is 6.52. The number of hydrogen-bond donors (Lipinski definition) is 2. The van der Waals surface area contributed by atoms with Gasteiger partial charge in [0.15, 0.2) is 5.82 Å². The van der Waals surface area contributed by atoms with E-state index < -0.39 is 29.2 Å². The number of halogens is 2. The van der Waals surface area contributed by atoms with Gasteiger partial charge in [0, 0.05) is 18.1 Å². The highest BCUT2D eigenvalue weighted by Crippen LogP contribution is 2.45. The third-order valence-corrected chi connectivity index (χ3v) is 7.55. The topological polar surface area (TPSA) is 95.7 Å². The minimum atomic E-state index is -1.30. The Balaban J connectivity index is 1.57. The van der Waals surface area contributed by atoms with Crippen LogP contribution in [-0.4, -0.2) is 51.1 Å². The lowest BCUT2D eigenvalue weighted by molar-refractivity contribution is -0.156. The van der Waals surface area contributed by atoms with Crippen molar-refractivity contribution >= 4 is 40.2 Å². The lowest BCUT2D eigenvalue weighted by Gasteiger charge is -2.40. The van der Waals surface area contributed by atoms with E-state index in [0.717, 1.165) is 24.8 Å². The van der Waals surface area contributed by atoms with Crippen molar-refractivity contribution < 1.29 is 24.2 Å². The van der Waals surface area contributed by atoms with Gasteiger partial charge in [-0.15, -0.1) is 5.10 Å². The second-order valence-corrected chi connectivity index (χ2v) is 9.82. The molecule has 2 atom stereocenters. The summed E-state index contributed by atoms with van der Waals surface area (Å²) in [6, 6.07) is 4.45. The fraction of sp³-hybridized carbons (Fsp3) is 0.458. The van der Waals surface area contributed by atoms with Crippen molar-refractivity contribution in [3.05, 3.63) is 46.3 Å². The standard InChI is InChI=1S/C24H25ClFN3O4/c1-24(23(32)33)10-11-28(12-18(24)30)21-20-16(26)6-3-7-17(20)29(27-21)22(31)19-14(13-8-9-13)4-2-5-15(19)25/h3-4,6-7,13,18,30H,2,5,8-12H2,1H3,(H,32,33)/t18-,24-/m1/s1. The molecule has 2 aliphatic carbocycles. The van der Waals surface area contributed by atoms with Gasteiger partial charge in [0.1, 0.15) is 5.82 Å². The highest BCUT2D eigenvalue weighted by Gasteiger charge is 2.45. The number of aliphatic hydroxyl groups is 1. The molecule has 0 unspecified atom stereocenters. The predicted octanol–water partition coefficient (Wildman–Crippen LogP) is 4.10. The van der Waals surface area contributed by atoms with E-state index in [4.69, 9.17) is 11.6 Å². The zero-order valence-corrected chi connectivity index (χ0v) is 19.0. The molecule has 1 aromatic carbocycles. The zero-order chi connectivity index (χ0) is 23.5. The van der Waals surface area contributed by atoms with Crippen LogP contribution in [-0.2, 0) is 4.79 Å². The van der Waals surface area contributed by atoms with E-state index in [1.54, 1.807) is 11.0 Å². The smallest absolute Gasteiger partial charge is 0.312 e. The number of aliphatic carboxylic acids is 1. The number of aliphatic hydroxyl groups excluding tert-OH is 1. The third-order valence-electron chi connectivity index (χ3n) is 7.17. The molecule has 1 saturated heterocycles. The molecule has 0 amide bonds. The summed E-state index contributed by atoms with van der Waals surface area (Å²) in [5.74, 6) is -1.48. The molecule has 1 saturated carbocycles. The molecule has 5 rings (SSSR count). The number of β-amino-alcohol motifs (C(OH)–C–C–N with tert-alkyl or cyclic N) is 1. The molecule has 1 aliphatic heterocycles. The van der Waals surface area contributed by atoms with Crippen LogP contribution in [0.25, 0.3) is 10.9 Å². The van der Waals surface area contributed by atoms with Crippen LogP contribution in [0.4, 0.5) is 10.2 Å². The summed E-state index contributed by atoms with van der Waals surface area (Å²) < 4.78 is 16.2. The van der Waals surface area contributed by atoms with E-state index in [2.05, 4.69) is 11.2 Å². The number of hydrogen-bond acceptors (Lipinski definition) is 5. The second kappa shape index (κ2) is 7.95. The summed E-state index contributed by atoms with van der Waals surface area (Å²) in [6.07, 6.45) is 4.44. The van der Waals surface area contributed by atoms with E-state index >= 15 is 0 Å². The Bertz CT molecular complexity index is 1230. The normalized spacial score (nSPS) is 26.0. The molecule has 0 radical (unpaired) electrons. The van der Waals surface area contributed by atoms with Crippen LogP contribution in [0.1, 0.15) is 43.8 Å². The average molecular weight is 474 g/mol. The van der Waals surface area contributed by atoms with Gasteiger partial charge in [0.25, 0.3) is 5.91 Å². The summed E-state index contributed by atoms with van der Waals surface area (Å²) in [4.78, 5) is 27.0. The number of carbonyl (C=O) groups is 2. The highest BCUT2D eigenvalue weighted by molar-refractivity contribution is 6.33. The van der Waals surface area contributed by atoms with E-state index in [1.165, 1.54) is 23.7 Å².